The number of likely N-dealkylation sites (tertiary alicyclic amines) is 1. The molecule has 4 nitrogen and oxygen atoms in total. The zero-order valence-corrected chi connectivity index (χ0v) is 12.7. The molecule has 1 heterocycles. The van der Waals surface area contributed by atoms with Crippen molar-refractivity contribution in [2.45, 2.75) is 32.4 Å². The minimum Gasteiger partial charge on any atom is -0.487 e. The van der Waals surface area contributed by atoms with Gasteiger partial charge in [0, 0.05) is 19.1 Å². The normalized spacial score (nSPS) is 19.3. The Labute approximate surface area is 125 Å². The summed E-state index contributed by atoms with van der Waals surface area (Å²) in [5, 5.41) is 3.53. The van der Waals surface area contributed by atoms with Gasteiger partial charge in [0.15, 0.2) is 0 Å². The fourth-order valence-corrected chi connectivity index (χ4v) is 2.51. The molecule has 1 aromatic rings. The highest BCUT2D eigenvalue weighted by Crippen LogP contribution is 2.26. The third kappa shape index (κ3) is 4.39. The lowest BCUT2D eigenvalue weighted by Crippen LogP contribution is -2.39. The van der Waals surface area contributed by atoms with Gasteiger partial charge in [-0.15, -0.1) is 0 Å². The Morgan fingerprint density at radius 3 is 2.95 bits per heavy atom. The van der Waals surface area contributed by atoms with Gasteiger partial charge in [-0.05, 0) is 32.4 Å². The van der Waals surface area contributed by atoms with Crippen LogP contribution in [0.5, 0.6) is 5.75 Å². The first-order valence-electron chi connectivity index (χ1n) is 6.97. The first kappa shape index (κ1) is 15.1. The smallest absolute Gasteiger partial charge is 0.234 e. The molecule has 0 aromatic heterocycles. The Morgan fingerprint density at radius 1 is 1.50 bits per heavy atom. The minimum atomic E-state index is 0.0680. The minimum absolute atomic E-state index is 0.0680. The fraction of sp³-hybridized carbons (Fsp3) is 0.533. The summed E-state index contributed by atoms with van der Waals surface area (Å²) in [7, 11) is 0. The Morgan fingerprint density at radius 2 is 2.25 bits per heavy atom. The van der Waals surface area contributed by atoms with Crippen molar-refractivity contribution in [2.24, 2.45) is 0 Å². The maximum atomic E-state index is 11.7. The molecular weight excluding hydrogens is 276 g/mol. The summed E-state index contributed by atoms with van der Waals surface area (Å²) in [6, 6.07) is 7.66. The first-order valence-corrected chi connectivity index (χ1v) is 7.35. The van der Waals surface area contributed by atoms with Gasteiger partial charge in [0.25, 0.3) is 0 Å². The van der Waals surface area contributed by atoms with Crippen LogP contribution in [0.25, 0.3) is 0 Å². The van der Waals surface area contributed by atoms with Gasteiger partial charge < -0.3 is 10.1 Å². The van der Waals surface area contributed by atoms with Gasteiger partial charge in [0.2, 0.25) is 5.91 Å². The average molecular weight is 297 g/mol. The van der Waals surface area contributed by atoms with E-state index < -0.39 is 0 Å². The van der Waals surface area contributed by atoms with Gasteiger partial charge in [-0.3, -0.25) is 9.69 Å². The molecule has 1 aliphatic rings. The van der Waals surface area contributed by atoms with Gasteiger partial charge >= 0.3 is 0 Å². The Kier molecular flexibility index (Phi) is 5.26. The number of halogens is 1. The number of amides is 1. The van der Waals surface area contributed by atoms with E-state index in [1.807, 2.05) is 38.1 Å². The lowest BCUT2D eigenvalue weighted by Gasteiger charge is -2.18. The summed E-state index contributed by atoms with van der Waals surface area (Å²) in [6.07, 6.45) is 1.02. The largest absolute Gasteiger partial charge is 0.487 e. The van der Waals surface area contributed by atoms with Crippen LogP contribution in [0.1, 0.15) is 20.3 Å². The van der Waals surface area contributed by atoms with E-state index in [0.29, 0.717) is 17.3 Å². The van der Waals surface area contributed by atoms with E-state index in [-0.39, 0.29) is 18.1 Å². The molecular formula is C15H21ClN2O2. The summed E-state index contributed by atoms with van der Waals surface area (Å²) in [5.74, 6) is 0.783. The van der Waals surface area contributed by atoms with Crippen LogP contribution in [-0.4, -0.2) is 42.6 Å². The molecule has 0 spiro atoms. The van der Waals surface area contributed by atoms with E-state index in [1.165, 1.54) is 0 Å². The van der Waals surface area contributed by atoms with E-state index in [0.717, 1.165) is 19.5 Å². The van der Waals surface area contributed by atoms with E-state index >= 15 is 0 Å². The molecule has 1 fully saturated rings. The summed E-state index contributed by atoms with van der Waals surface area (Å²) in [6.45, 7) is 5.99. The van der Waals surface area contributed by atoms with Crippen LogP contribution in [0.4, 0.5) is 0 Å². The van der Waals surface area contributed by atoms with E-state index in [9.17, 15) is 4.79 Å². The van der Waals surface area contributed by atoms with Crippen molar-refractivity contribution < 1.29 is 9.53 Å². The van der Waals surface area contributed by atoms with E-state index in [4.69, 9.17) is 16.3 Å². The monoisotopic (exact) mass is 296 g/mol. The number of carbonyl (C=O) groups excluding carboxylic acids is 1. The standard InChI is InChI=1S/C15H21ClN2O2/c1-11(2)17-15(19)10-18-8-7-12(9-18)20-14-6-4-3-5-13(14)16/h3-6,11-12H,7-10H2,1-2H3,(H,17,19). The van der Waals surface area contributed by atoms with Crippen molar-refractivity contribution in [2.75, 3.05) is 19.6 Å². The molecule has 1 aromatic carbocycles. The zero-order chi connectivity index (χ0) is 14.5. The predicted octanol–water partition coefficient (Wildman–Crippen LogP) is 2.32. The van der Waals surface area contributed by atoms with Gasteiger partial charge in [0.1, 0.15) is 11.9 Å². The molecule has 1 saturated heterocycles. The van der Waals surface area contributed by atoms with Crippen molar-refractivity contribution in [1.29, 1.82) is 0 Å². The SMILES string of the molecule is CC(C)NC(=O)CN1CCC(Oc2ccccc2Cl)C1. The molecule has 1 atom stereocenters. The highest BCUT2D eigenvalue weighted by molar-refractivity contribution is 6.32. The third-order valence-corrected chi connectivity index (χ3v) is 3.49. The predicted molar refractivity (Wildman–Crippen MR) is 80.2 cm³/mol. The van der Waals surface area contributed by atoms with Crippen LogP contribution >= 0.6 is 11.6 Å². The molecule has 1 unspecified atom stereocenters. The number of hydrogen-bond donors (Lipinski definition) is 1. The lowest BCUT2D eigenvalue weighted by atomic mass is 10.3. The zero-order valence-electron chi connectivity index (χ0n) is 11.9. The van der Waals surface area contributed by atoms with Crippen molar-refractivity contribution in [3.8, 4) is 5.75 Å². The number of hydrogen-bond acceptors (Lipinski definition) is 3. The molecule has 110 valence electrons. The van der Waals surface area contributed by atoms with Crippen LogP contribution in [-0.2, 0) is 4.79 Å². The average Bonchev–Trinajstić information content (AvgIpc) is 2.78. The highest BCUT2D eigenvalue weighted by atomic mass is 35.5. The maximum Gasteiger partial charge on any atom is 0.234 e. The summed E-state index contributed by atoms with van der Waals surface area (Å²) < 4.78 is 5.89. The van der Waals surface area contributed by atoms with Crippen molar-refractivity contribution in [1.82, 2.24) is 10.2 Å². The van der Waals surface area contributed by atoms with Crippen LogP contribution in [0.2, 0.25) is 5.02 Å². The van der Waals surface area contributed by atoms with E-state index in [2.05, 4.69) is 10.2 Å². The molecule has 1 N–H and O–H groups in total. The van der Waals surface area contributed by atoms with Crippen LogP contribution in [0, 0.1) is 0 Å². The van der Waals surface area contributed by atoms with E-state index in [1.54, 1.807) is 0 Å². The highest BCUT2D eigenvalue weighted by Gasteiger charge is 2.25. The lowest BCUT2D eigenvalue weighted by molar-refractivity contribution is -0.122. The van der Waals surface area contributed by atoms with Gasteiger partial charge in [-0.25, -0.2) is 0 Å². The molecule has 0 saturated carbocycles. The topological polar surface area (TPSA) is 41.6 Å². The second-order valence-corrected chi connectivity index (χ2v) is 5.82. The number of nitrogens with zero attached hydrogens (tertiary/aromatic N) is 1. The second kappa shape index (κ2) is 6.95. The molecule has 1 amide bonds. The van der Waals surface area contributed by atoms with Crippen molar-refractivity contribution >= 4 is 17.5 Å². The molecule has 0 aliphatic carbocycles. The quantitative estimate of drug-likeness (QED) is 0.907. The molecule has 20 heavy (non-hydrogen) atoms. The fourth-order valence-electron chi connectivity index (χ4n) is 2.33. The summed E-state index contributed by atoms with van der Waals surface area (Å²) >= 11 is 6.08. The second-order valence-electron chi connectivity index (χ2n) is 5.42. The van der Waals surface area contributed by atoms with Crippen molar-refractivity contribution in [3.63, 3.8) is 0 Å². The Bertz CT molecular complexity index is 465. The molecule has 1 aliphatic heterocycles. The number of rotatable bonds is 5. The molecule has 0 radical (unpaired) electrons. The van der Waals surface area contributed by atoms with Gasteiger partial charge in [0.05, 0.1) is 11.6 Å². The molecule has 2 rings (SSSR count). The number of para-hydroxylation sites is 1. The van der Waals surface area contributed by atoms with Crippen LogP contribution < -0.4 is 10.1 Å². The molecule has 5 heteroatoms. The first-order chi connectivity index (χ1) is 9.54. The Hall–Kier alpha value is -1.26. The summed E-state index contributed by atoms with van der Waals surface area (Å²) in [5.41, 5.74) is 0. The number of benzene rings is 1. The maximum absolute atomic E-state index is 11.7. The summed E-state index contributed by atoms with van der Waals surface area (Å²) in [4.78, 5) is 13.8. The Balaban J connectivity index is 1.81. The number of nitrogens with one attached hydrogen (secondary N) is 1. The third-order valence-electron chi connectivity index (χ3n) is 3.18. The number of carbonyl (C=O) groups is 1. The van der Waals surface area contributed by atoms with Gasteiger partial charge in [-0.1, -0.05) is 23.7 Å². The van der Waals surface area contributed by atoms with Crippen molar-refractivity contribution in [3.05, 3.63) is 29.3 Å². The van der Waals surface area contributed by atoms with Crippen LogP contribution in [0.3, 0.4) is 0 Å². The number of ether oxygens (including phenoxy) is 1. The van der Waals surface area contributed by atoms with Crippen LogP contribution in [0.15, 0.2) is 24.3 Å². The molecule has 0 bridgehead atoms. The van der Waals surface area contributed by atoms with Gasteiger partial charge in [-0.2, -0.15) is 0 Å².